The summed E-state index contributed by atoms with van der Waals surface area (Å²) in [5.74, 6) is -0.548. The Labute approximate surface area is 128 Å². The molecule has 0 unspecified atom stereocenters. The zero-order valence-electron chi connectivity index (χ0n) is 11.6. The number of amides is 1. The number of carbonyl (C=O) groups is 1. The van der Waals surface area contributed by atoms with Crippen molar-refractivity contribution in [2.45, 2.75) is 13.3 Å². The zero-order valence-corrected chi connectivity index (χ0v) is 12.4. The fourth-order valence-electron chi connectivity index (χ4n) is 1.89. The summed E-state index contributed by atoms with van der Waals surface area (Å²) in [6, 6.07) is 11.4. The number of anilines is 2. The summed E-state index contributed by atoms with van der Waals surface area (Å²) in [7, 11) is 0. The smallest absolute Gasteiger partial charge is 0.226 e. The highest BCUT2D eigenvalue weighted by atomic mass is 35.5. The molecule has 2 rings (SSSR count). The van der Waals surface area contributed by atoms with Crippen LogP contribution in [-0.4, -0.2) is 12.5 Å². The molecule has 0 fully saturated rings. The summed E-state index contributed by atoms with van der Waals surface area (Å²) in [5.41, 5.74) is 2.42. The normalized spacial score (nSPS) is 10.2. The van der Waals surface area contributed by atoms with Crippen molar-refractivity contribution < 1.29 is 9.18 Å². The Balaban J connectivity index is 1.83. The molecule has 0 aliphatic carbocycles. The second kappa shape index (κ2) is 7.09. The van der Waals surface area contributed by atoms with Crippen molar-refractivity contribution in [1.29, 1.82) is 0 Å². The zero-order chi connectivity index (χ0) is 15.2. The van der Waals surface area contributed by atoms with Gasteiger partial charge in [0, 0.05) is 29.4 Å². The molecule has 0 heterocycles. The first-order valence-electron chi connectivity index (χ1n) is 6.60. The second-order valence-electron chi connectivity index (χ2n) is 4.69. The van der Waals surface area contributed by atoms with E-state index in [1.54, 1.807) is 12.1 Å². The van der Waals surface area contributed by atoms with Gasteiger partial charge < -0.3 is 10.6 Å². The topological polar surface area (TPSA) is 41.1 Å². The average Bonchev–Trinajstić information content (AvgIpc) is 2.42. The molecule has 0 saturated carbocycles. The lowest BCUT2D eigenvalue weighted by Crippen LogP contribution is -2.16. The Morgan fingerprint density at radius 3 is 2.81 bits per heavy atom. The molecule has 0 saturated heterocycles. The van der Waals surface area contributed by atoms with Crippen LogP contribution in [0.3, 0.4) is 0 Å². The Morgan fingerprint density at radius 2 is 2.05 bits per heavy atom. The quantitative estimate of drug-likeness (QED) is 0.868. The Kier molecular flexibility index (Phi) is 5.17. The summed E-state index contributed by atoms with van der Waals surface area (Å²) in [6.45, 7) is 2.44. The van der Waals surface area contributed by atoms with Gasteiger partial charge in [0.05, 0.1) is 0 Å². The minimum absolute atomic E-state index is 0.173. The van der Waals surface area contributed by atoms with Crippen LogP contribution in [0.4, 0.5) is 15.8 Å². The van der Waals surface area contributed by atoms with Crippen LogP contribution in [0.1, 0.15) is 12.0 Å². The fourth-order valence-corrected chi connectivity index (χ4v) is 2.06. The van der Waals surface area contributed by atoms with Crippen molar-refractivity contribution in [1.82, 2.24) is 0 Å². The van der Waals surface area contributed by atoms with Crippen molar-refractivity contribution in [3.05, 3.63) is 58.9 Å². The van der Waals surface area contributed by atoms with Crippen molar-refractivity contribution in [3.8, 4) is 0 Å². The van der Waals surface area contributed by atoms with Crippen LogP contribution < -0.4 is 10.6 Å². The van der Waals surface area contributed by atoms with Crippen molar-refractivity contribution in [2.75, 3.05) is 17.2 Å². The Bertz CT molecular complexity index is 646. The number of hydrogen-bond acceptors (Lipinski definition) is 2. The predicted molar refractivity (Wildman–Crippen MR) is 84.3 cm³/mol. The molecule has 0 bridgehead atoms. The van der Waals surface area contributed by atoms with Gasteiger partial charge in [0.15, 0.2) is 0 Å². The molecule has 0 atom stereocenters. The van der Waals surface area contributed by atoms with Gasteiger partial charge in [0.1, 0.15) is 5.82 Å². The largest absolute Gasteiger partial charge is 0.384 e. The molecule has 0 aliphatic heterocycles. The van der Waals surface area contributed by atoms with Gasteiger partial charge in [-0.1, -0.05) is 23.7 Å². The molecule has 1 amide bonds. The predicted octanol–water partition coefficient (Wildman–Crippen LogP) is 4.23. The summed E-state index contributed by atoms with van der Waals surface area (Å²) in [4.78, 5) is 11.8. The van der Waals surface area contributed by atoms with E-state index >= 15 is 0 Å². The first-order valence-corrected chi connectivity index (χ1v) is 6.98. The Morgan fingerprint density at radius 1 is 1.24 bits per heavy atom. The molecule has 0 aromatic heterocycles. The lowest BCUT2D eigenvalue weighted by molar-refractivity contribution is -0.115. The van der Waals surface area contributed by atoms with Gasteiger partial charge in [-0.05, 0) is 42.8 Å². The lowest BCUT2D eigenvalue weighted by atomic mass is 10.2. The average molecular weight is 307 g/mol. The first kappa shape index (κ1) is 15.3. The van der Waals surface area contributed by atoms with Crippen molar-refractivity contribution in [3.63, 3.8) is 0 Å². The molecular weight excluding hydrogens is 291 g/mol. The van der Waals surface area contributed by atoms with E-state index in [9.17, 15) is 9.18 Å². The highest BCUT2D eigenvalue weighted by molar-refractivity contribution is 6.30. The summed E-state index contributed by atoms with van der Waals surface area (Å²) >= 11 is 5.93. The molecule has 2 aromatic carbocycles. The molecule has 110 valence electrons. The maximum absolute atomic E-state index is 13.0. The maximum Gasteiger partial charge on any atom is 0.226 e. The van der Waals surface area contributed by atoms with Crippen LogP contribution in [0, 0.1) is 12.7 Å². The molecule has 2 aromatic rings. The highest BCUT2D eigenvalue weighted by Crippen LogP contribution is 2.20. The number of aryl methyl sites for hydroxylation is 1. The van der Waals surface area contributed by atoms with Crippen LogP contribution in [-0.2, 0) is 4.79 Å². The fraction of sp³-hybridized carbons (Fsp3) is 0.188. The molecule has 3 nitrogen and oxygen atoms in total. The summed E-state index contributed by atoms with van der Waals surface area (Å²) < 4.78 is 13.0. The van der Waals surface area contributed by atoms with E-state index < -0.39 is 0 Å². The number of hydrogen-bond donors (Lipinski definition) is 2. The SMILES string of the molecule is Cc1ccc(Cl)cc1NCCC(=O)Nc1cccc(F)c1. The van der Waals surface area contributed by atoms with Crippen LogP contribution in [0.5, 0.6) is 0 Å². The number of rotatable bonds is 5. The van der Waals surface area contributed by atoms with E-state index in [1.165, 1.54) is 12.1 Å². The molecule has 21 heavy (non-hydrogen) atoms. The monoisotopic (exact) mass is 306 g/mol. The van der Waals surface area contributed by atoms with Crippen molar-refractivity contribution >= 4 is 28.9 Å². The van der Waals surface area contributed by atoms with Crippen LogP contribution in [0.15, 0.2) is 42.5 Å². The molecule has 2 N–H and O–H groups in total. The van der Waals surface area contributed by atoms with Crippen LogP contribution in [0.25, 0.3) is 0 Å². The third kappa shape index (κ3) is 4.76. The van der Waals surface area contributed by atoms with E-state index in [-0.39, 0.29) is 18.1 Å². The van der Waals surface area contributed by atoms with E-state index in [0.29, 0.717) is 17.3 Å². The summed E-state index contributed by atoms with van der Waals surface area (Å²) in [5, 5.41) is 6.46. The van der Waals surface area contributed by atoms with Gasteiger partial charge in [-0.2, -0.15) is 0 Å². The number of carbonyl (C=O) groups excluding carboxylic acids is 1. The van der Waals surface area contributed by atoms with E-state index in [4.69, 9.17) is 11.6 Å². The van der Waals surface area contributed by atoms with Gasteiger partial charge in [0.2, 0.25) is 5.91 Å². The van der Waals surface area contributed by atoms with Gasteiger partial charge in [0.25, 0.3) is 0 Å². The third-order valence-electron chi connectivity index (χ3n) is 2.98. The minimum atomic E-state index is -0.375. The van der Waals surface area contributed by atoms with Gasteiger partial charge in [-0.3, -0.25) is 4.79 Å². The van der Waals surface area contributed by atoms with Crippen LogP contribution in [0.2, 0.25) is 5.02 Å². The lowest BCUT2D eigenvalue weighted by Gasteiger charge is -2.10. The highest BCUT2D eigenvalue weighted by Gasteiger charge is 2.04. The standard InChI is InChI=1S/C16H16ClFN2O/c1-11-5-6-12(17)9-15(11)19-8-7-16(21)20-14-4-2-3-13(18)10-14/h2-6,9-10,19H,7-8H2,1H3,(H,20,21). The maximum atomic E-state index is 13.0. The van der Waals surface area contributed by atoms with Crippen molar-refractivity contribution in [2.24, 2.45) is 0 Å². The van der Waals surface area contributed by atoms with Crippen LogP contribution >= 0.6 is 11.6 Å². The van der Waals surface area contributed by atoms with Gasteiger partial charge in [-0.15, -0.1) is 0 Å². The van der Waals surface area contributed by atoms with Gasteiger partial charge in [-0.25, -0.2) is 4.39 Å². The summed E-state index contributed by atoms with van der Waals surface area (Å²) in [6.07, 6.45) is 0.280. The Hall–Kier alpha value is -2.07. The molecule has 5 heteroatoms. The van der Waals surface area contributed by atoms with E-state index in [0.717, 1.165) is 11.3 Å². The molecule has 0 radical (unpaired) electrons. The van der Waals surface area contributed by atoms with E-state index in [2.05, 4.69) is 10.6 Å². The first-order chi connectivity index (χ1) is 10.0. The number of nitrogens with one attached hydrogen (secondary N) is 2. The molecule has 0 aliphatic rings. The third-order valence-corrected chi connectivity index (χ3v) is 3.21. The second-order valence-corrected chi connectivity index (χ2v) is 5.13. The van der Waals surface area contributed by atoms with Gasteiger partial charge >= 0.3 is 0 Å². The molecular formula is C16H16ClFN2O. The minimum Gasteiger partial charge on any atom is -0.384 e. The van der Waals surface area contributed by atoms with E-state index in [1.807, 2.05) is 25.1 Å². The number of benzene rings is 2. The number of halogens is 2. The molecule has 0 spiro atoms.